The van der Waals surface area contributed by atoms with Gasteiger partial charge in [-0.2, -0.15) is 0 Å². The summed E-state index contributed by atoms with van der Waals surface area (Å²) in [7, 11) is 3.28. The molecule has 0 amide bonds. The van der Waals surface area contributed by atoms with Crippen molar-refractivity contribution in [2.45, 2.75) is 12.0 Å². The SMILES string of the molecule is COc1ccc(C(OCC2c3ccccc3-c3ccccc32)c2ccc(O)cc2)c(OC)c1. The zero-order valence-electron chi connectivity index (χ0n) is 18.7. The van der Waals surface area contributed by atoms with E-state index in [4.69, 9.17) is 14.2 Å². The van der Waals surface area contributed by atoms with E-state index in [-0.39, 0.29) is 17.8 Å². The Hall–Kier alpha value is -3.76. The molecule has 1 aliphatic rings. The lowest BCUT2D eigenvalue weighted by Crippen LogP contribution is -2.14. The van der Waals surface area contributed by atoms with Gasteiger partial charge < -0.3 is 19.3 Å². The quantitative estimate of drug-likeness (QED) is 0.366. The molecule has 0 saturated carbocycles. The lowest BCUT2D eigenvalue weighted by atomic mass is 9.96. The van der Waals surface area contributed by atoms with Gasteiger partial charge in [0.15, 0.2) is 0 Å². The van der Waals surface area contributed by atoms with Crippen molar-refractivity contribution >= 4 is 0 Å². The highest BCUT2D eigenvalue weighted by Gasteiger charge is 2.30. The maximum Gasteiger partial charge on any atom is 0.128 e. The monoisotopic (exact) mass is 438 g/mol. The van der Waals surface area contributed by atoms with Crippen molar-refractivity contribution in [2.24, 2.45) is 0 Å². The molecular weight excluding hydrogens is 412 g/mol. The number of aromatic hydroxyl groups is 1. The van der Waals surface area contributed by atoms with Crippen LogP contribution < -0.4 is 9.47 Å². The van der Waals surface area contributed by atoms with Crippen LogP contribution in [-0.4, -0.2) is 25.9 Å². The smallest absolute Gasteiger partial charge is 0.128 e. The van der Waals surface area contributed by atoms with E-state index >= 15 is 0 Å². The van der Waals surface area contributed by atoms with Crippen molar-refractivity contribution in [3.05, 3.63) is 113 Å². The van der Waals surface area contributed by atoms with Crippen LogP contribution in [0.2, 0.25) is 0 Å². The van der Waals surface area contributed by atoms with Crippen LogP contribution in [0, 0.1) is 0 Å². The molecule has 4 heteroatoms. The lowest BCUT2D eigenvalue weighted by molar-refractivity contribution is 0.0733. The molecule has 166 valence electrons. The average molecular weight is 439 g/mol. The molecule has 4 aromatic rings. The third-order valence-electron chi connectivity index (χ3n) is 6.31. The third-order valence-corrected chi connectivity index (χ3v) is 6.31. The van der Waals surface area contributed by atoms with Gasteiger partial charge in [0.1, 0.15) is 23.4 Å². The molecule has 0 heterocycles. The van der Waals surface area contributed by atoms with Gasteiger partial charge in [-0.25, -0.2) is 0 Å². The Morgan fingerprint density at radius 1 is 0.758 bits per heavy atom. The molecule has 4 nitrogen and oxygen atoms in total. The number of hydrogen-bond acceptors (Lipinski definition) is 4. The number of fused-ring (bicyclic) bond motifs is 3. The average Bonchev–Trinajstić information content (AvgIpc) is 3.19. The fourth-order valence-corrected chi connectivity index (χ4v) is 4.68. The second-order valence-electron chi connectivity index (χ2n) is 8.14. The molecule has 1 atom stereocenters. The van der Waals surface area contributed by atoms with Crippen LogP contribution in [-0.2, 0) is 4.74 Å². The van der Waals surface area contributed by atoms with Crippen molar-refractivity contribution in [1.82, 2.24) is 0 Å². The molecule has 5 rings (SSSR count). The van der Waals surface area contributed by atoms with Crippen LogP contribution in [0.4, 0.5) is 0 Å². The van der Waals surface area contributed by atoms with E-state index in [2.05, 4.69) is 48.5 Å². The van der Waals surface area contributed by atoms with Gasteiger partial charge >= 0.3 is 0 Å². The molecule has 1 aliphatic carbocycles. The minimum absolute atomic E-state index is 0.140. The van der Waals surface area contributed by atoms with Gasteiger partial charge in [-0.1, -0.05) is 60.7 Å². The van der Waals surface area contributed by atoms with Crippen LogP contribution in [0.3, 0.4) is 0 Å². The van der Waals surface area contributed by atoms with E-state index in [0.717, 1.165) is 16.9 Å². The maximum atomic E-state index is 9.82. The van der Waals surface area contributed by atoms with Crippen LogP contribution in [0.5, 0.6) is 17.2 Å². The molecule has 1 N–H and O–H groups in total. The van der Waals surface area contributed by atoms with Gasteiger partial charge in [-0.3, -0.25) is 0 Å². The topological polar surface area (TPSA) is 47.9 Å². The van der Waals surface area contributed by atoms with Gasteiger partial charge in [-0.15, -0.1) is 0 Å². The minimum atomic E-state index is -0.369. The molecule has 0 bridgehead atoms. The highest BCUT2D eigenvalue weighted by Crippen LogP contribution is 2.46. The van der Waals surface area contributed by atoms with E-state index in [9.17, 15) is 5.11 Å². The van der Waals surface area contributed by atoms with E-state index in [1.54, 1.807) is 26.4 Å². The van der Waals surface area contributed by atoms with Gasteiger partial charge in [0.25, 0.3) is 0 Å². The van der Waals surface area contributed by atoms with Crippen molar-refractivity contribution in [2.75, 3.05) is 20.8 Å². The lowest BCUT2D eigenvalue weighted by Gasteiger charge is -2.24. The first-order valence-electron chi connectivity index (χ1n) is 11.0. The van der Waals surface area contributed by atoms with Crippen molar-refractivity contribution in [1.29, 1.82) is 0 Å². The molecule has 4 aromatic carbocycles. The first-order chi connectivity index (χ1) is 16.2. The molecule has 33 heavy (non-hydrogen) atoms. The molecule has 0 saturated heterocycles. The van der Waals surface area contributed by atoms with Crippen LogP contribution in [0.1, 0.15) is 34.3 Å². The standard InChI is InChI=1S/C29H26O4/c1-31-21-15-16-26(28(17-21)32-2)29(19-11-13-20(30)14-12-19)33-18-27-24-9-5-3-7-22(24)23-8-4-6-10-25(23)27/h3-17,27,29-30H,18H2,1-2H3. The van der Waals surface area contributed by atoms with Gasteiger partial charge in [-0.05, 0) is 52.1 Å². The fourth-order valence-electron chi connectivity index (χ4n) is 4.68. The summed E-state index contributed by atoms with van der Waals surface area (Å²) < 4.78 is 17.7. The number of phenolic OH excluding ortho intramolecular Hbond substituents is 1. The Morgan fingerprint density at radius 3 is 2.00 bits per heavy atom. The summed E-state index contributed by atoms with van der Waals surface area (Å²) in [5.74, 6) is 1.78. The number of phenols is 1. The normalized spacial score (nSPS) is 13.3. The highest BCUT2D eigenvalue weighted by atomic mass is 16.5. The molecule has 0 radical (unpaired) electrons. The van der Waals surface area contributed by atoms with Gasteiger partial charge in [0, 0.05) is 17.5 Å². The number of rotatable bonds is 7. The summed E-state index contributed by atoms with van der Waals surface area (Å²) in [6, 6.07) is 30.0. The van der Waals surface area contributed by atoms with E-state index in [1.165, 1.54) is 22.3 Å². The molecule has 0 aliphatic heterocycles. The van der Waals surface area contributed by atoms with Crippen LogP contribution in [0.15, 0.2) is 91.0 Å². The zero-order valence-corrected chi connectivity index (χ0v) is 18.7. The number of hydrogen-bond donors (Lipinski definition) is 1. The first-order valence-corrected chi connectivity index (χ1v) is 11.0. The van der Waals surface area contributed by atoms with Crippen molar-refractivity contribution < 1.29 is 19.3 Å². The second kappa shape index (κ2) is 9.00. The Balaban J connectivity index is 1.52. The van der Waals surface area contributed by atoms with Crippen molar-refractivity contribution in [3.8, 4) is 28.4 Å². The van der Waals surface area contributed by atoms with E-state index in [0.29, 0.717) is 12.4 Å². The summed E-state index contributed by atoms with van der Waals surface area (Å²) in [6.07, 6.45) is -0.369. The highest BCUT2D eigenvalue weighted by molar-refractivity contribution is 5.78. The van der Waals surface area contributed by atoms with Crippen LogP contribution >= 0.6 is 0 Å². The molecule has 1 unspecified atom stereocenters. The maximum absolute atomic E-state index is 9.82. The molecule has 0 aromatic heterocycles. The Bertz CT molecular complexity index is 1220. The summed E-state index contributed by atoms with van der Waals surface area (Å²) in [4.78, 5) is 0. The molecular formula is C29H26O4. The van der Waals surface area contributed by atoms with Gasteiger partial charge in [0.2, 0.25) is 0 Å². The Kier molecular flexibility index (Phi) is 5.76. The second-order valence-corrected chi connectivity index (χ2v) is 8.14. The van der Waals surface area contributed by atoms with Crippen LogP contribution in [0.25, 0.3) is 11.1 Å². The molecule has 0 spiro atoms. The fraction of sp³-hybridized carbons (Fsp3) is 0.172. The van der Waals surface area contributed by atoms with Gasteiger partial charge in [0.05, 0.1) is 20.8 Å². The largest absolute Gasteiger partial charge is 0.508 e. The van der Waals surface area contributed by atoms with E-state index in [1.807, 2.05) is 30.3 Å². The third kappa shape index (κ3) is 3.94. The summed E-state index contributed by atoms with van der Waals surface area (Å²) in [5, 5.41) is 9.82. The minimum Gasteiger partial charge on any atom is -0.508 e. The van der Waals surface area contributed by atoms with E-state index < -0.39 is 0 Å². The molecule has 0 fully saturated rings. The summed E-state index contributed by atoms with van der Waals surface area (Å²) in [6.45, 7) is 0.509. The summed E-state index contributed by atoms with van der Waals surface area (Å²) in [5.41, 5.74) is 6.95. The summed E-state index contributed by atoms with van der Waals surface area (Å²) >= 11 is 0. The zero-order chi connectivity index (χ0) is 22.8. The predicted molar refractivity (Wildman–Crippen MR) is 129 cm³/mol. The Morgan fingerprint density at radius 2 is 1.39 bits per heavy atom. The number of benzene rings is 4. The predicted octanol–water partition coefficient (Wildman–Crippen LogP) is 6.33. The number of ether oxygens (including phenoxy) is 3. The number of methoxy groups -OCH3 is 2. The first kappa shape index (κ1) is 21.1. The van der Waals surface area contributed by atoms with Crippen molar-refractivity contribution in [3.63, 3.8) is 0 Å². The Labute approximate surface area is 194 Å².